The van der Waals surface area contributed by atoms with Gasteiger partial charge >= 0.3 is 12.0 Å². The van der Waals surface area contributed by atoms with Crippen LogP contribution in [-0.4, -0.2) is 60.0 Å². The molecule has 1 aliphatic rings. The van der Waals surface area contributed by atoms with Gasteiger partial charge in [0, 0.05) is 24.5 Å². The Bertz CT molecular complexity index is 1010. The number of rotatable bonds is 7. The third-order valence-corrected chi connectivity index (χ3v) is 5.46. The standard InChI is InChI=1S/C24H28N4O5/c1-17-7-5-9-19(13-17)26-24(33)25-14-21(29)28(20-10-3-2-4-11-20)16-22(30)27-12-6-8-18(15-27)23(31)32/h2-5,7,9-11,13,18H,6,8,12,14-16H2,1H3,(H,31,32)(H2,25,26,33)/t18-/m0/s1. The number of nitrogens with one attached hydrogen (secondary N) is 2. The van der Waals surface area contributed by atoms with Crippen molar-refractivity contribution in [3.8, 4) is 0 Å². The maximum absolute atomic E-state index is 13.0. The molecule has 0 radical (unpaired) electrons. The van der Waals surface area contributed by atoms with Crippen molar-refractivity contribution in [2.75, 3.05) is 36.4 Å². The van der Waals surface area contributed by atoms with Gasteiger partial charge in [-0.25, -0.2) is 4.79 Å². The average Bonchev–Trinajstić information content (AvgIpc) is 2.81. The van der Waals surface area contributed by atoms with E-state index in [2.05, 4.69) is 10.6 Å². The summed E-state index contributed by atoms with van der Waals surface area (Å²) in [6.45, 7) is 1.94. The highest BCUT2D eigenvalue weighted by molar-refractivity contribution is 6.02. The van der Waals surface area contributed by atoms with E-state index >= 15 is 0 Å². The van der Waals surface area contributed by atoms with Gasteiger partial charge in [-0.1, -0.05) is 30.3 Å². The van der Waals surface area contributed by atoms with Crippen LogP contribution in [0.1, 0.15) is 18.4 Å². The lowest BCUT2D eigenvalue weighted by Gasteiger charge is -2.32. The predicted molar refractivity (Wildman–Crippen MR) is 124 cm³/mol. The first-order valence-corrected chi connectivity index (χ1v) is 10.8. The zero-order chi connectivity index (χ0) is 23.8. The summed E-state index contributed by atoms with van der Waals surface area (Å²) in [6, 6.07) is 15.4. The molecule has 1 atom stereocenters. The second-order valence-electron chi connectivity index (χ2n) is 8.01. The quantitative estimate of drug-likeness (QED) is 0.596. The third kappa shape index (κ3) is 6.80. The molecule has 0 bridgehead atoms. The molecule has 0 aromatic heterocycles. The number of amides is 4. The number of likely N-dealkylation sites (tertiary alicyclic amines) is 1. The van der Waals surface area contributed by atoms with E-state index in [1.54, 1.807) is 42.5 Å². The molecule has 9 heteroatoms. The first-order valence-electron chi connectivity index (χ1n) is 10.8. The minimum Gasteiger partial charge on any atom is -0.481 e. The van der Waals surface area contributed by atoms with E-state index in [4.69, 9.17) is 0 Å². The highest BCUT2D eigenvalue weighted by atomic mass is 16.4. The molecule has 1 fully saturated rings. The van der Waals surface area contributed by atoms with Gasteiger partial charge in [0.2, 0.25) is 11.8 Å². The molecule has 1 aliphatic heterocycles. The molecule has 0 aliphatic carbocycles. The fourth-order valence-electron chi connectivity index (χ4n) is 3.72. The molecule has 9 nitrogen and oxygen atoms in total. The number of carbonyl (C=O) groups excluding carboxylic acids is 3. The second kappa shape index (κ2) is 11.1. The number of urea groups is 1. The first-order chi connectivity index (χ1) is 15.8. The number of hydrogen-bond acceptors (Lipinski definition) is 4. The van der Waals surface area contributed by atoms with Crippen LogP contribution in [-0.2, 0) is 14.4 Å². The molecule has 3 N–H and O–H groups in total. The number of carboxylic acid groups (broad SMARTS) is 1. The highest BCUT2D eigenvalue weighted by Gasteiger charge is 2.30. The van der Waals surface area contributed by atoms with Crippen LogP contribution >= 0.6 is 0 Å². The molecule has 2 aromatic carbocycles. The van der Waals surface area contributed by atoms with Gasteiger partial charge in [0.25, 0.3) is 0 Å². The lowest BCUT2D eigenvalue weighted by atomic mass is 9.98. The SMILES string of the molecule is Cc1cccc(NC(=O)NCC(=O)N(CC(=O)N2CCC[C@H](C(=O)O)C2)c2ccccc2)c1. The van der Waals surface area contributed by atoms with Crippen molar-refractivity contribution >= 4 is 35.2 Å². The van der Waals surface area contributed by atoms with Gasteiger partial charge in [-0.2, -0.15) is 0 Å². The lowest BCUT2D eigenvalue weighted by molar-refractivity contribution is -0.145. The largest absolute Gasteiger partial charge is 0.481 e. The van der Waals surface area contributed by atoms with Crippen LogP contribution < -0.4 is 15.5 Å². The normalized spacial score (nSPS) is 15.4. The van der Waals surface area contributed by atoms with E-state index in [9.17, 15) is 24.3 Å². The number of para-hydroxylation sites is 1. The Labute approximate surface area is 192 Å². The van der Waals surface area contributed by atoms with Gasteiger partial charge in [0.1, 0.15) is 6.54 Å². The van der Waals surface area contributed by atoms with Crippen LogP contribution in [0.15, 0.2) is 54.6 Å². The Morgan fingerprint density at radius 2 is 1.85 bits per heavy atom. The molecule has 33 heavy (non-hydrogen) atoms. The van der Waals surface area contributed by atoms with Gasteiger partial charge in [-0.3, -0.25) is 14.4 Å². The van der Waals surface area contributed by atoms with Crippen LogP contribution in [0.5, 0.6) is 0 Å². The average molecular weight is 453 g/mol. The molecule has 1 heterocycles. The Morgan fingerprint density at radius 1 is 1.09 bits per heavy atom. The van der Waals surface area contributed by atoms with Gasteiger partial charge in [-0.05, 0) is 49.6 Å². The number of benzene rings is 2. The van der Waals surface area contributed by atoms with Gasteiger partial charge in [-0.15, -0.1) is 0 Å². The Hall–Kier alpha value is -3.88. The van der Waals surface area contributed by atoms with E-state index in [0.29, 0.717) is 30.8 Å². The van der Waals surface area contributed by atoms with E-state index in [1.165, 1.54) is 9.80 Å². The number of hydrogen-bond donors (Lipinski definition) is 3. The fourth-order valence-corrected chi connectivity index (χ4v) is 3.72. The van der Waals surface area contributed by atoms with Crippen molar-refractivity contribution in [1.82, 2.24) is 10.2 Å². The molecular weight excluding hydrogens is 424 g/mol. The van der Waals surface area contributed by atoms with Crippen LogP contribution in [0.4, 0.5) is 16.2 Å². The van der Waals surface area contributed by atoms with Gasteiger partial charge in [0.05, 0.1) is 12.5 Å². The number of aliphatic carboxylic acids is 1. The summed E-state index contributed by atoms with van der Waals surface area (Å²) in [5.41, 5.74) is 2.11. The summed E-state index contributed by atoms with van der Waals surface area (Å²) < 4.78 is 0. The summed E-state index contributed by atoms with van der Waals surface area (Å²) in [4.78, 5) is 52.2. The highest BCUT2D eigenvalue weighted by Crippen LogP contribution is 2.19. The summed E-state index contributed by atoms with van der Waals surface area (Å²) in [5, 5.41) is 14.5. The third-order valence-electron chi connectivity index (χ3n) is 5.46. The van der Waals surface area contributed by atoms with Crippen LogP contribution in [0, 0.1) is 12.8 Å². The zero-order valence-corrected chi connectivity index (χ0v) is 18.5. The molecule has 174 valence electrons. The number of anilines is 2. The van der Waals surface area contributed by atoms with Crippen molar-refractivity contribution in [2.24, 2.45) is 5.92 Å². The monoisotopic (exact) mass is 452 g/mol. The van der Waals surface area contributed by atoms with Crippen molar-refractivity contribution in [3.05, 3.63) is 60.2 Å². The molecule has 0 saturated carbocycles. The van der Waals surface area contributed by atoms with Crippen molar-refractivity contribution in [3.63, 3.8) is 0 Å². The summed E-state index contributed by atoms with van der Waals surface area (Å²) in [6.07, 6.45) is 1.13. The predicted octanol–water partition coefficient (Wildman–Crippen LogP) is 2.47. The molecule has 0 spiro atoms. The number of carbonyl (C=O) groups is 4. The number of piperidine rings is 1. The number of aryl methyl sites for hydroxylation is 1. The molecule has 3 rings (SSSR count). The molecule has 0 unspecified atom stereocenters. The van der Waals surface area contributed by atoms with Crippen LogP contribution in [0.2, 0.25) is 0 Å². The summed E-state index contributed by atoms with van der Waals surface area (Å²) in [7, 11) is 0. The second-order valence-corrected chi connectivity index (χ2v) is 8.01. The maximum Gasteiger partial charge on any atom is 0.319 e. The van der Waals surface area contributed by atoms with Crippen molar-refractivity contribution < 1.29 is 24.3 Å². The van der Waals surface area contributed by atoms with E-state index in [-0.39, 0.29) is 25.5 Å². The lowest BCUT2D eigenvalue weighted by Crippen LogP contribution is -2.49. The Morgan fingerprint density at radius 3 is 2.55 bits per heavy atom. The summed E-state index contributed by atoms with van der Waals surface area (Å²) >= 11 is 0. The first kappa shape index (κ1) is 23.8. The smallest absolute Gasteiger partial charge is 0.319 e. The number of carboxylic acids is 1. The van der Waals surface area contributed by atoms with E-state index in [0.717, 1.165) is 5.56 Å². The van der Waals surface area contributed by atoms with Gasteiger partial charge in [0.15, 0.2) is 0 Å². The maximum atomic E-state index is 13.0. The summed E-state index contributed by atoms with van der Waals surface area (Å²) in [5.74, 6) is -2.31. The van der Waals surface area contributed by atoms with E-state index < -0.39 is 23.8 Å². The van der Waals surface area contributed by atoms with Crippen LogP contribution in [0.3, 0.4) is 0 Å². The minimum atomic E-state index is -0.924. The molecule has 1 saturated heterocycles. The van der Waals surface area contributed by atoms with Crippen molar-refractivity contribution in [1.29, 1.82) is 0 Å². The topological polar surface area (TPSA) is 119 Å². The minimum absolute atomic E-state index is 0.127. The van der Waals surface area contributed by atoms with Crippen LogP contribution in [0.25, 0.3) is 0 Å². The zero-order valence-electron chi connectivity index (χ0n) is 18.5. The van der Waals surface area contributed by atoms with E-state index in [1.807, 2.05) is 19.1 Å². The van der Waals surface area contributed by atoms with Gasteiger partial charge < -0.3 is 25.5 Å². The Kier molecular flexibility index (Phi) is 8.01. The molecule has 2 aromatic rings. The number of nitrogens with zero attached hydrogens (tertiary/aromatic N) is 2. The Balaban J connectivity index is 1.64. The van der Waals surface area contributed by atoms with Crippen molar-refractivity contribution in [2.45, 2.75) is 19.8 Å². The fraction of sp³-hybridized carbons (Fsp3) is 0.333. The molecule has 4 amide bonds. The molecular formula is C24H28N4O5.